The molecular formula is C19H18FN3O2. The molecule has 6 heteroatoms. The standard InChI is InChI=1S/C19H18FN3O2/c20-15-5-3-14(4-6-15)11-19(25)7-9-22(12-19)18(24)17-10-16-2-1-8-23(16)13-21-17/h1-6,8,10,13,25H,7,9,11-12H2. The Hall–Kier alpha value is -2.73. The number of rotatable bonds is 3. The minimum absolute atomic E-state index is 0.182. The monoisotopic (exact) mass is 339 g/mol. The normalized spacial score (nSPS) is 20.3. The summed E-state index contributed by atoms with van der Waals surface area (Å²) < 4.78 is 14.9. The lowest BCUT2D eigenvalue weighted by atomic mass is 9.94. The molecule has 25 heavy (non-hydrogen) atoms. The van der Waals surface area contributed by atoms with Gasteiger partial charge in [-0.2, -0.15) is 0 Å². The molecule has 5 nitrogen and oxygen atoms in total. The number of aromatic nitrogens is 2. The molecule has 1 aliphatic rings. The second-order valence-electron chi connectivity index (χ2n) is 6.62. The van der Waals surface area contributed by atoms with E-state index in [1.807, 2.05) is 22.7 Å². The van der Waals surface area contributed by atoms with E-state index in [9.17, 15) is 14.3 Å². The fraction of sp³-hybridized carbons (Fsp3) is 0.263. The van der Waals surface area contributed by atoms with Gasteiger partial charge in [0.15, 0.2) is 0 Å². The van der Waals surface area contributed by atoms with Crippen LogP contribution in [0.2, 0.25) is 0 Å². The SMILES string of the molecule is O=C(c1cc2cccn2cn1)N1CCC(O)(Cc2ccc(F)cc2)C1. The number of amides is 1. The van der Waals surface area contributed by atoms with Crippen LogP contribution in [0.25, 0.3) is 5.52 Å². The van der Waals surface area contributed by atoms with Crippen LogP contribution in [-0.4, -0.2) is 44.0 Å². The Morgan fingerprint density at radius 3 is 2.88 bits per heavy atom. The lowest BCUT2D eigenvalue weighted by molar-refractivity contribution is 0.0443. The van der Waals surface area contributed by atoms with Crippen LogP contribution < -0.4 is 0 Å². The first-order chi connectivity index (χ1) is 12.0. The van der Waals surface area contributed by atoms with Crippen molar-refractivity contribution < 1.29 is 14.3 Å². The zero-order valence-electron chi connectivity index (χ0n) is 13.6. The molecular weight excluding hydrogens is 321 g/mol. The van der Waals surface area contributed by atoms with Gasteiger partial charge in [-0.3, -0.25) is 4.79 Å². The van der Waals surface area contributed by atoms with Crippen LogP contribution in [0.1, 0.15) is 22.5 Å². The fourth-order valence-corrected chi connectivity index (χ4v) is 3.37. The third kappa shape index (κ3) is 3.13. The van der Waals surface area contributed by atoms with Crippen LogP contribution >= 0.6 is 0 Å². The van der Waals surface area contributed by atoms with E-state index in [4.69, 9.17) is 0 Å². The summed E-state index contributed by atoms with van der Waals surface area (Å²) in [7, 11) is 0. The highest BCUT2D eigenvalue weighted by Crippen LogP contribution is 2.27. The molecule has 1 aliphatic heterocycles. The van der Waals surface area contributed by atoms with Gasteiger partial charge in [0.05, 0.1) is 18.5 Å². The van der Waals surface area contributed by atoms with E-state index in [-0.39, 0.29) is 18.3 Å². The van der Waals surface area contributed by atoms with Crippen LogP contribution in [0.3, 0.4) is 0 Å². The van der Waals surface area contributed by atoms with E-state index < -0.39 is 5.60 Å². The highest BCUT2D eigenvalue weighted by atomic mass is 19.1. The van der Waals surface area contributed by atoms with Crippen LogP contribution in [-0.2, 0) is 6.42 Å². The first-order valence-corrected chi connectivity index (χ1v) is 8.21. The summed E-state index contributed by atoms with van der Waals surface area (Å²) in [6.45, 7) is 0.724. The summed E-state index contributed by atoms with van der Waals surface area (Å²) in [6.07, 6.45) is 4.36. The van der Waals surface area contributed by atoms with E-state index in [0.717, 1.165) is 11.1 Å². The summed E-state index contributed by atoms with van der Waals surface area (Å²) in [5.41, 5.74) is 1.13. The average Bonchev–Trinajstić information content (AvgIpc) is 3.22. The Balaban J connectivity index is 1.48. The molecule has 1 saturated heterocycles. The van der Waals surface area contributed by atoms with Crippen molar-refractivity contribution in [1.82, 2.24) is 14.3 Å². The number of carbonyl (C=O) groups is 1. The van der Waals surface area contributed by atoms with Crippen molar-refractivity contribution in [3.63, 3.8) is 0 Å². The van der Waals surface area contributed by atoms with E-state index in [1.165, 1.54) is 12.1 Å². The summed E-state index contributed by atoms with van der Waals surface area (Å²) in [6, 6.07) is 11.6. The predicted molar refractivity (Wildman–Crippen MR) is 90.8 cm³/mol. The summed E-state index contributed by atoms with van der Waals surface area (Å²) >= 11 is 0. The van der Waals surface area contributed by atoms with E-state index in [2.05, 4.69) is 4.98 Å². The Kier molecular flexibility index (Phi) is 3.77. The summed E-state index contributed by atoms with van der Waals surface area (Å²) in [5.74, 6) is -0.482. The number of likely N-dealkylation sites (tertiary alicyclic amines) is 1. The second-order valence-corrected chi connectivity index (χ2v) is 6.62. The summed E-state index contributed by atoms with van der Waals surface area (Å²) in [5, 5.41) is 10.8. The number of β-amino-alcohol motifs (C(OH)–C–C–N with tert-alkyl or cyclic N) is 1. The van der Waals surface area contributed by atoms with Gasteiger partial charge in [0.1, 0.15) is 11.5 Å². The second kappa shape index (κ2) is 5.97. The Morgan fingerprint density at radius 1 is 1.28 bits per heavy atom. The highest BCUT2D eigenvalue weighted by molar-refractivity contribution is 5.93. The Morgan fingerprint density at radius 2 is 2.08 bits per heavy atom. The zero-order chi connectivity index (χ0) is 17.4. The molecule has 0 bridgehead atoms. The molecule has 1 aromatic carbocycles. The van der Waals surface area contributed by atoms with Gasteiger partial charge in [-0.1, -0.05) is 12.1 Å². The van der Waals surface area contributed by atoms with E-state index >= 15 is 0 Å². The van der Waals surface area contributed by atoms with Crippen molar-refractivity contribution in [2.75, 3.05) is 13.1 Å². The zero-order valence-corrected chi connectivity index (χ0v) is 13.6. The third-order valence-corrected chi connectivity index (χ3v) is 4.70. The molecule has 3 aromatic rings. The number of benzene rings is 1. The first kappa shape index (κ1) is 15.8. The van der Waals surface area contributed by atoms with Gasteiger partial charge in [-0.15, -0.1) is 0 Å². The van der Waals surface area contributed by atoms with Crippen molar-refractivity contribution in [2.24, 2.45) is 0 Å². The van der Waals surface area contributed by atoms with Gasteiger partial charge in [0, 0.05) is 24.7 Å². The van der Waals surface area contributed by atoms with Gasteiger partial charge in [0.2, 0.25) is 0 Å². The molecule has 128 valence electrons. The number of carbonyl (C=O) groups excluding carboxylic acids is 1. The summed E-state index contributed by atoms with van der Waals surface area (Å²) in [4.78, 5) is 18.5. The average molecular weight is 339 g/mol. The third-order valence-electron chi connectivity index (χ3n) is 4.70. The number of fused-ring (bicyclic) bond motifs is 1. The van der Waals surface area contributed by atoms with E-state index in [0.29, 0.717) is 25.1 Å². The first-order valence-electron chi connectivity index (χ1n) is 8.21. The van der Waals surface area contributed by atoms with Gasteiger partial charge < -0.3 is 14.4 Å². The molecule has 2 aromatic heterocycles. The van der Waals surface area contributed by atoms with Crippen molar-refractivity contribution >= 4 is 11.4 Å². The molecule has 0 spiro atoms. The van der Waals surface area contributed by atoms with Crippen LogP contribution in [0.4, 0.5) is 4.39 Å². The van der Waals surface area contributed by atoms with Gasteiger partial charge >= 0.3 is 0 Å². The van der Waals surface area contributed by atoms with E-state index in [1.54, 1.807) is 29.4 Å². The molecule has 1 atom stereocenters. The molecule has 1 amide bonds. The largest absolute Gasteiger partial charge is 0.388 e. The maximum atomic E-state index is 13.0. The van der Waals surface area contributed by atoms with Crippen molar-refractivity contribution in [3.8, 4) is 0 Å². The quantitative estimate of drug-likeness (QED) is 0.797. The van der Waals surface area contributed by atoms with Crippen molar-refractivity contribution in [1.29, 1.82) is 0 Å². The number of nitrogens with zero attached hydrogens (tertiary/aromatic N) is 3. The number of hydrogen-bond donors (Lipinski definition) is 1. The fourth-order valence-electron chi connectivity index (χ4n) is 3.37. The van der Waals surface area contributed by atoms with Crippen LogP contribution in [0.5, 0.6) is 0 Å². The maximum Gasteiger partial charge on any atom is 0.272 e. The predicted octanol–water partition coefficient (Wildman–Crippen LogP) is 2.29. The minimum atomic E-state index is -0.993. The van der Waals surface area contributed by atoms with Crippen LogP contribution in [0, 0.1) is 5.82 Å². The number of hydrogen-bond acceptors (Lipinski definition) is 3. The molecule has 4 rings (SSSR count). The molecule has 1 unspecified atom stereocenters. The maximum absolute atomic E-state index is 13.0. The molecule has 0 saturated carbocycles. The molecule has 3 heterocycles. The number of halogens is 1. The smallest absolute Gasteiger partial charge is 0.272 e. The topological polar surface area (TPSA) is 57.8 Å². The molecule has 1 N–H and O–H groups in total. The van der Waals surface area contributed by atoms with Gasteiger partial charge in [0.25, 0.3) is 5.91 Å². The highest BCUT2D eigenvalue weighted by Gasteiger charge is 2.38. The molecule has 0 aliphatic carbocycles. The molecule has 1 fully saturated rings. The van der Waals surface area contributed by atoms with Crippen molar-refractivity contribution in [2.45, 2.75) is 18.4 Å². The number of aliphatic hydroxyl groups is 1. The Labute approximate surface area is 144 Å². The Bertz CT molecular complexity index is 922. The lowest BCUT2D eigenvalue weighted by Gasteiger charge is -2.23. The van der Waals surface area contributed by atoms with Gasteiger partial charge in [-0.05, 0) is 42.3 Å². The van der Waals surface area contributed by atoms with Crippen LogP contribution in [0.15, 0.2) is 55.0 Å². The van der Waals surface area contributed by atoms with Gasteiger partial charge in [-0.25, -0.2) is 9.37 Å². The lowest BCUT2D eigenvalue weighted by Crippen LogP contribution is -2.38. The minimum Gasteiger partial charge on any atom is -0.388 e. The molecule has 0 radical (unpaired) electrons. The van der Waals surface area contributed by atoms with Crippen molar-refractivity contribution in [3.05, 3.63) is 72.1 Å².